The largest absolute Gasteiger partial charge is 0.444 e. The molecule has 0 aromatic heterocycles. The van der Waals surface area contributed by atoms with Crippen LogP contribution in [0.3, 0.4) is 0 Å². The van der Waals surface area contributed by atoms with Crippen LogP contribution in [0.15, 0.2) is 35.3 Å². The molecule has 0 aliphatic carbocycles. The highest BCUT2D eigenvalue weighted by Crippen LogP contribution is 2.18. The van der Waals surface area contributed by atoms with Gasteiger partial charge in [-0.1, -0.05) is 37.3 Å². The highest BCUT2D eigenvalue weighted by atomic mass is 127. The summed E-state index contributed by atoms with van der Waals surface area (Å²) in [5, 5.41) is 6.47. The van der Waals surface area contributed by atoms with Crippen LogP contribution in [0, 0.1) is 0 Å². The number of halogens is 1. The fourth-order valence-corrected chi connectivity index (χ4v) is 3.31. The number of nitrogens with zero attached hydrogens (tertiary/aromatic N) is 2. The second kappa shape index (κ2) is 11.5. The van der Waals surface area contributed by atoms with E-state index < -0.39 is 5.60 Å². The summed E-state index contributed by atoms with van der Waals surface area (Å²) < 4.78 is 5.35. The molecule has 1 heterocycles. The standard InChI is InChI=1S/C21H34N4O2.HI/c1-6-16(17-10-8-7-9-11-17)14-23-19(22-5)25-13-12-18(15-25)24-20(26)27-21(2,3)4;/h7-11,16,18H,6,12-15H2,1-5H3,(H,22,23)(H,24,26);1H. The molecule has 2 unspecified atom stereocenters. The molecular formula is C21H35IN4O2. The number of alkyl carbamates (subject to hydrolysis) is 1. The summed E-state index contributed by atoms with van der Waals surface area (Å²) in [5.74, 6) is 1.33. The molecule has 2 atom stereocenters. The van der Waals surface area contributed by atoms with Crippen LogP contribution in [0.2, 0.25) is 0 Å². The van der Waals surface area contributed by atoms with Gasteiger partial charge in [0.15, 0.2) is 5.96 Å². The third kappa shape index (κ3) is 7.85. The van der Waals surface area contributed by atoms with E-state index >= 15 is 0 Å². The van der Waals surface area contributed by atoms with Crippen molar-refractivity contribution in [3.8, 4) is 0 Å². The Morgan fingerprint density at radius 3 is 2.57 bits per heavy atom. The summed E-state index contributed by atoms with van der Waals surface area (Å²) in [6.45, 7) is 10.3. The first-order chi connectivity index (χ1) is 12.8. The number of guanidine groups is 1. The van der Waals surface area contributed by atoms with Crippen molar-refractivity contribution in [3.05, 3.63) is 35.9 Å². The Labute approximate surface area is 186 Å². The summed E-state index contributed by atoms with van der Waals surface area (Å²) in [5.41, 5.74) is 0.862. The van der Waals surface area contributed by atoms with Gasteiger partial charge in [0.1, 0.15) is 5.60 Å². The Bertz CT molecular complexity index is 631. The first-order valence-electron chi connectivity index (χ1n) is 9.82. The molecule has 0 saturated carbocycles. The molecule has 7 heteroatoms. The predicted molar refractivity (Wildman–Crippen MR) is 126 cm³/mol. The van der Waals surface area contributed by atoms with Gasteiger partial charge in [0, 0.05) is 32.6 Å². The van der Waals surface area contributed by atoms with Gasteiger partial charge in [-0.3, -0.25) is 4.99 Å². The predicted octanol–water partition coefficient (Wildman–Crippen LogP) is 3.97. The molecule has 0 bridgehead atoms. The molecule has 1 aromatic carbocycles. The van der Waals surface area contributed by atoms with Crippen LogP contribution >= 0.6 is 24.0 Å². The van der Waals surface area contributed by atoms with Crippen molar-refractivity contribution < 1.29 is 9.53 Å². The van der Waals surface area contributed by atoms with Gasteiger partial charge in [-0.25, -0.2) is 4.79 Å². The van der Waals surface area contributed by atoms with Gasteiger partial charge in [-0.05, 0) is 39.2 Å². The Morgan fingerprint density at radius 1 is 1.32 bits per heavy atom. The average molecular weight is 502 g/mol. The SMILES string of the molecule is CCC(CNC(=NC)N1CCC(NC(=O)OC(C)(C)C)C1)c1ccccc1.I. The number of benzene rings is 1. The van der Waals surface area contributed by atoms with Crippen molar-refractivity contribution in [1.82, 2.24) is 15.5 Å². The summed E-state index contributed by atoms with van der Waals surface area (Å²) in [7, 11) is 1.81. The molecule has 2 N–H and O–H groups in total. The topological polar surface area (TPSA) is 66.0 Å². The van der Waals surface area contributed by atoms with Crippen molar-refractivity contribution in [3.63, 3.8) is 0 Å². The number of ether oxygens (including phenoxy) is 1. The molecule has 0 radical (unpaired) electrons. The van der Waals surface area contributed by atoms with E-state index in [1.54, 1.807) is 7.05 Å². The van der Waals surface area contributed by atoms with Crippen molar-refractivity contribution in [2.75, 3.05) is 26.7 Å². The van der Waals surface area contributed by atoms with Crippen LogP contribution in [0.4, 0.5) is 4.79 Å². The number of amides is 1. The van der Waals surface area contributed by atoms with Crippen molar-refractivity contribution >= 4 is 36.0 Å². The number of hydrogen-bond acceptors (Lipinski definition) is 3. The molecule has 1 aliphatic rings. The molecule has 6 nitrogen and oxygen atoms in total. The van der Waals surface area contributed by atoms with E-state index in [9.17, 15) is 4.79 Å². The lowest BCUT2D eigenvalue weighted by atomic mass is 9.97. The van der Waals surface area contributed by atoms with Crippen molar-refractivity contribution in [1.29, 1.82) is 0 Å². The number of hydrogen-bond donors (Lipinski definition) is 2. The molecule has 0 spiro atoms. The van der Waals surface area contributed by atoms with Crippen molar-refractivity contribution in [2.24, 2.45) is 4.99 Å². The van der Waals surface area contributed by atoms with Crippen LogP contribution in [0.5, 0.6) is 0 Å². The summed E-state index contributed by atoms with van der Waals surface area (Å²) in [6, 6.07) is 10.6. The van der Waals surface area contributed by atoms with E-state index in [-0.39, 0.29) is 36.1 Å². The first-order valence-corrected chi connectivity index (χ1v) is 9.82. The van der Waals surface area contributed by atoms with E-state index in [1.807, 2.05) is 26.8 Å². The minimum absolute atomic E-state index is 0. The Kier molecular flexibility index (Phi) is 10.1. The number of carbonyl (C=O) groups is 1. The summed E-state index contributed by atoms with van der Waals surface area (Å²) in [6.07, 6.45) is 1.60. The number of aliphatic imine (C=N–C) groups is 1. The lowest BCUT2D eigenvalue weighted by Gasteiger charge is -2.25. The molecule has 1 fully saturated rings. The zero-order valence-corrected chi connectivity index (χ0v) is 20.0. The maximum Gasteiger partial charge on any atom is 0.407 e. The van der Waals surface area contributed by atoms with Gasteiger partial charge in [-0.2, -0.15) is 0 Å². The third-order valence-corrected chi connectivity index (χ3v) is 4.69. The van der Waals surface area contributed by atoms with E-state index in [4.69, 9.17) is 4.74 Å². The summed E-state index contributed by atoms with van der Waals surface area (Å²) in [4.78, 5) is 18.6. The van der Waals surface area contributed by atoms with Gasteiger partial charge >= 0.3 is 6.09 Å². The highest BCUT2D eigenvalue weighted by Gasteiger charge is 2.28. The fourth-order valence-electron chi connectivity index (χ4n) is 3.31. The monoisotopic (exact) mass is 502 g/mol. The molecule has 1 amide bonds. The number of carbonyl (C=O) groups excluding carboxylic acids is 1. The van der Waals surface area contributed by atoms with Crippen LogP contribution < -0.4 is 10.6 Å². The first kappa shape index (κ1) is 24.5. The van der Waals surface area contributed by atoms with Crippen LogP contribution in [0.25, 0.3) is 0 Å². The average Bonchev–Trinajstić information content (AvgIpc) is 3.06. The van der Waals surface area contributed by atoms with E-state index in [0.29, 0.717) is 5.92 Å². The zero-order chi connectivity index (χ0) is 19.9. The van der Waals surface area contributed by atoms with Crippen LogP contribution in [-0.4, -0.2) is 55.3 Å². The van der Waals surface area contributed by atoms with Gasteiger partial charge in [0.05, 0.1) is 6.04 Å². The number of rotatable bonds is 5. The maximum absolute atomic E-state index is 12.0. The normalized spacial score (nSPS) is 18.2. The quantitative estimate of drug-likeness (QED) is 0.364. The van der Waals surface area contributed by atoms with Crippen LogP contribution in [0.1, 0.15) is 52.0 Å². The molecule has 2 rings (SSSR count). The minimum Gasteiger partial charge on any atom is -0.444 e. The number of likely N-dealkylation sites (tertiary alicyclic amines) is 1. The summed E-state index contributed by atoms with van der Waals surface area (Å²) >= 11 is 0. The Balaban J connectivity index is 0.00000392. The van der Waals surface area contributed by atoms with Gasteiger partial charge in [-0.15, -0.1) is 24.0 Å². The zero-order valence-electron chi connectivity index (χ0n) is 17.7. The van der Waals surface area contributed by atoms with Crippen LogP contribution in [-0.2, 0) is 4.74 Å². The maximum atomic E-state index is 12.0. The lowest BCUT2D eigenvalue weighted by molar-refractivity contribution is 0.0507. The molecular weight excluding hydrogens is 467 g/mol. The molecule has 1 aromatic rings. The van der Waals surface area contributed by atoms with E-state index in [1.165, 1.54) is 5.56 Å². The molecule has 1 saturated heterocycles. The van der Waals surface area contributed by atoms with Crippen molar-refractivity contribution in [2.45, 2.75) is 58.1 Å². The second-order valence-corrected chi connectivity index (χ2v) is 8.02. The smallest absolute Gasteiger partial charge is 0.407 e. The number of nitrogens with one attached hydrogen (secondary N) is 2. The Morgan fingerprint density at radius 2 is 2.00 bits per heavy atom. The highest BCUT2D eigenvalue weighted by molar-refractivity contribution is 14.0. The fraction of sp³-hybridized carbons (Fsp3) is 0.619. The molecule has 158 valence electrons. The minimum atomic E-state index is -0.480. The van der Waals surface area contributed by atoms with E-state index in [2.05, 4.69) is 51.7 Å². The van der Waals surface area contributed by atoms with Gasteiger partial charge in [0.25, 0.3) is 0 Å². The third-order valence-electron chi connectivity index (χ3n) is 4.69. The van der Waals surface area contributed by atoms with Gasteiger partial charge < -0.3 is 20.3 Å². The van der Waals surface area contributed by atoms with E-state index in [0.717, 1.165) is 38.4 Å². The molecule has 1 aliphatic heterocycles. The lowest BCUT2D eigenvalue weighted by Crippen LogP contribution is -2.45. The second-order valence-electron chi connectivity index (χ2n) is 8.02. The van der Waals surface area contributed by atoms with Gasteiger partial charge in [0.2, 0.25) is 0 Å². The Hall–Kier alpha value is -1.51. The molecule has 28 heavy (non-hydrogen) atoms.